The monoisotopic (exact) mass is 420 g/mol. The number of likely N-dealkylation sites (tertiary alicyclic amines) is 1. The van der Waals surface area contributed by atoms with Crippen molar-refractivity contribution in [3.8, 4) is 5.75 Å². The van der Waals surface area contributed by atoms with Gasteiger partial charge in [-0.1, -0.05) is 24.3 Å². The molecule has 4 rings (SSSR count). The number of imide groups is 1. The van der Waals surface area contributed by atoms with Crippen LogP contribution in [-0.4, -0.2) is 48.6 Å². The average molecular weight is 421 g/mol. The summed E-state index contributed by atoms with van der Waals surface area (Å²) in [4.78, 5) is 30.6. The third-order valence-corrected chi connectivity index (χ3v) is 6.28. The Labute approximate surface area is 182 Å². The van der Waals surface area contributed by atoms with E-state index in [1.165, 1.54) is 4.90 Å². The summed E-state index contributed by atoms with van der Waals surface area (Å²) in [6, 6.07) is 12.9. The first-order chi connectivity index (χ1) is 15.0. The first kappa shape index (κ1) is 21.1. The number of rotatable bonds is 5. The highest BCUT2D eigenvalue weighted by Gasteiger charge is 2.44. The van der Waals surface area contributed by atoms with Gasteiger partial charge >= 0.3 is 0 Å². The minimum absolute atomic E-state index is 0.0662. The second kappa shape index (κ2) is 8.55. The van der Waals surface area contributed by atoms with Crippen LogP contribution in [0.25, 0.3) is 5.57 Å². The molecule has 1 N–H and O–H groups in total. The fraction of sp³-hybridized carbons (Fsp3) is 0.360. The number of carbonyl (C=O) groups is 2. The van der Waals surface area contributed by atoms with Crippen molar-refractivity contribution in [2.75, 3.05) is 31.7 Å². The van der Waals surface area contributed by atoms with Crippen molar-refractivity contribution < 1.29 is 19.4 Å². The zero-order chi connectivity index (χ0) is 22.1. The van der Waals surface area contributed by atoms with E-state index >= 15 is 0 Å². The van der Waals surface area contributed by atoms with Gasteiger partial charge < -0.3 is 14.7 Å². The van der Waals surface area contributed by atoms with E-state index in [1.807, 2.05) is 55.1 Å². The maximum Gasteiger partial charge on any atom is 0.282 e. The third kappa shape index (κ3) is 3.72. The quantitative estimate of drug-likeness (QED) is 0.752. The van der Waals surface area contributed by atoms with E-state index in [4.69, 9.17) is 4.74 Å². The fourth-order valence-corrected chi connectivity index (χ4v) is 4.42. The predicted octanol–water partition coefficient (Wildman–Crippen LogP) is 3.30. The van der Waals surface area contributed by atoms with Crippen LogP contribution in [0, 0.1) is 19.8 Å². The highest BCUT2D eigenvalue weighted by Crippen LogP contribution is 2.39. The lowest BCUT2D eigenvalue weighted by Gasteiger charge is -2.34. The predicted molar refractivity (Wildman–Crippen MR) is 120 cm³/mol. The number of methoxy groups -OCH3 is 1. The van der Waals surface area contributed by atoms with E-state index in [0.29, 0.717) is 41.4 Å². The molecule has 31 heavy (non-hydrogen) atoms. The minimum atomic E-state index is -0.348. The van der Waals surface area contributed by atoms with Gasteiger partial charge in [-0.25, -0.2) is 4.90 Å². The number of benzene rings is 2. The van der Waals surface area contributed by atoms with E-state index in [-0.39, 0.29) is 24.3 Å². The van der Waals surface area contributed by atoms with Crippen LogP contribution in [0.3, 0.4) is 0 Å². The van der Waals surface area contributed by atoms with Crippen LogP contribution in [0.15, 0.2) is 48.2 Å². The molecule has 2 amide bonds. The van der Waals surface area contributed by atoms with E-state index in [9.17, 15) is 14.7 Å². The topological polar surface area (TPSA) is 70.1 Å². The number of anilines is 1. The average Bonchev–Trinajstić information content (AvgIpc) is 3.05. The van der Waals surface area contributed by atoms with E-state index in [1.54, 1.807) is 13.2 Å². The van der Waals surface area contributed by atoms with Gasteiger partial charge in [0, 0.05) is 25.3 Å². The van der Waals surface area contributed by atoms with Crippen molar-refractivity contribution >= 4 is 23.1 Å². The number of aryl methyl sites for hydroxylation is 2. The number of para-hydroxylation sites is 1. The Hall–Kier alpha value is -3.12. The standard InChI is InChI=1S/C25H28N2O4/c1-16-10-11-19(13-17(16)2)27-24(29)22(20-8-4-5-9-21(20)31-3)23(25(27)30)26-12-6-7-18(14-26)15-28/h4-5,8-11,13,18,28H,6-7,12,14-15H2,1-3H3. The lowest BCUT2D eigenvalue weighted by atomic mass is 9.96. The van der Waals surface area contributed by atoms with Gasteiger partial charge in [0.15, 0.2) is 0 Å². The molecule has 162 valence electrons. The number of carbonyl (C=O) groups excluding carboxylic acids is 2. The lowest BCUT2D eigenvalue weighted by molar-refractivity contribution is -0.120. The number of hydrogen-bond donors (Lipinski definition) is 1. The molecule has 0 saturated carbocycles. The second-order valence-corrected chi connectivity index (χ2v) is 8.28. The molecule has 0 aromatic heterocycles. The maximum atomic E-state index is 13.7. The summed E-state index contributed by atoms with van der Waals surface area (Å²) in [5.74, 6) is -0.0424. The van der Waals surface area contributed by atoms with E-state index < -0.39 is 0 Å². The fourth-order valence-electron chi connectivity index (χ4n) is 4.42. The molecule has 2 aliphatic rings. The lowest BCUT2D eigenvalue weighted by Crippen LogP contribution is -2.40. The van der Waals surface area contributed by atoms with Gasteiger partial charge in [0.05, 0.1) is 18.4 Å². The molecule has 6 nitrogen and oxygen atoms in total. The smallest absolute Gasteiger partial charge is 0.282 e. The van der Waals surface area contributed by atoms with Gasteiger partial charge in [0.25, 0.3) is 11.8 Å². The number of amides is 2. The first-order valence-corrected chi connectivity index (χ1v) is 10.7. The Kier molecular flexibility index (Phi) is 5.83. The molecule has 2 heterocycles. The van der Waals surface area contributed by atoms with Crippen LogP contribution < -0.4 is 9.64 Å². The van der Waals surface area contributed by atoms with Crippen LogP contribution >= 0.6 is 0 Å². The highest BCUT2D eigenvalue weighted by molar-refractivity contribution is 6.45. The zero-order valence-corrected chi connectivity index (χ0v) is 18.2. The molecular weight excluding hydrogens is 392 g/mol. The normalized spacial score (nSPS) is 19.4. The molecular formula is C25H28N2O4. The summed E-state index contributed by atoms with van der Waals surface area (Å²) in [5.41, 5.74) is 4.05. The van der Waals surface area contributed by atoms with Crippen LogP contribution in [0.5, 0.6) is 5.75 Å². The van der Waals surface area contributed by atoms with Gasteiger partial charge in [-0.2, -0.15) is 0 Å². The molecule has 1 unspecified atom stereocenters. The van der Waals surface area contributed by atoms with Gasteiger partial charge in [0.1, 0.15) is 11.4 Å². The van der Waals surface area contributed by atoms with Crippen LogP contribution in [0.2, 0.25) is 0 Å². The van der Waals surface area contributed by atoms with Crippen molar-refractivity contribution in [2.45, 2.75) is 26.7 Å². The van der Waals surface area contributed by atoms with Crippen molar-refractivity contribution in [2.24, 2.45) is 5.92 Å². The second-order valence-electron chi connectivity index (χ2n) is 8.28. The molecule has 0 bridgehead atoms. The molecule has 1 atom stereocenters. The molecule has 2 aromatic carbocycles. The van der Waals surface area contributed by atoms with Crippen LogP contribution in [0.1, 0.15) is 29.5 Å². The number of nitrogens with zero attached hydrogens (tertiary/aromatic N) is 2. The van der Waals surface area contributed by atoms with Crippen LogP contribution in [0.4, 0.5) is 5.69 Å². The third-order valence-electron chi connectivity index (χ3n) is 6.28. The van der Waals surface area contributed by atoms with Gasteiger partial charge in [-0.05, 0) is 61.9 Å². The SMILES string of the molecule is COc1ccccc1C1=C(N2CCCC(CO)C2)C(=O)N(c2ccc(C)c(C)c2)C1=O. The molecule has 2 aliphatic heterocycles. The Morgan fingerprint density at radius 2 is 1.84 bits per heavy atom. The Balaban J connectivity index is 1.86. The molecule has 6 heteroatoms. The summed E-state index contributed by atoms with van der Waals surface area (Å²) in [5, 5.41) is 9.70. The summed E-state index contributed by atoms with van der Waals surface area (Å²) >= 11 is 0. The molecule has 0 aliphatic carbocycles. The Bertz CT molecular complexity index is 1060. The number of piperidine rings is 1. The maximum absolute atomic E-state index is 13.7. The van der Waals surface area contributed by atoms with Crippen molar-refractivity contribution in [3.05, 3.63) is 64.9 Å². The van der Waals surface area contributed by atoms with E-state index in [0.717, 1.165) is 24.0 Å². The van der Waals surface area contributed by atoms with Crippen molar-refractivity contribution in [3.63, 3.8) is 0 Å². The summed E-state index contributed by atoms with van der Waals surface area (Å²) in [7, 11) is 1.56. The summed E-state index contributed by atoms with van der Waals surface area (Å²) < 4.78 is 5.52. The molecule has 0 radical (unpaired) electrons. The molecule has 1 saturated heterocycles. The Morgan fingerprint density at radius 1 is 1.06 bits per heavy atom. The Morgan fingerprint density at radius 3 is 2.55 bits per heavy atom. The van der Waals surface area contributed by atoms with Gasteiger partial charge in [0.2, 0.25) is 0 Å². The highest BCUT2D eigenvalue weighted by atomic mass is 16.5. The molecule has 0 spiro atoms. The van der Waals surface area contributed by atoms with Crippen molar-refractivity contribution in [1.29, 1.82) is 0 Å². The summed E-state index contributed by atoms with van der Waals surface area (Å²) in [6.07, 6.45) is 1.77. The molecule has 1 fully saturated rings. The minimum Gasteiger partial charge on any atom is -0.496 e. The van der Waals surface area contributed by atoms with Gasteiger partial charge in [-0.15, -0.1) is 0 Å². The van der Waals surface area contributed by atoms with Crippen molar-refractivity contribution in [1.82, 2.24) is 4.90 Å². The van der Waals surface area contributed by atoms with Gasteiger partial charge in [-0.3, -0.25) is 9.59 Å². The number of aliphatic hydroxyl groups is 1. The largest absolute Gasteiger partial charge is 0.496 e. The van der Waals surface area contributed by atoms with Crippen LogP contribution in [-0.2, 0) is 9.59 Å². The number of aliphatic hydroxyl groups excluding tert-OH is 1. The van der Waals surface area contributed by atoms with E-state index in [2.05, 4.69) is 0 Å². The zero-order valence-electron chi connectivity index (χ0n) is 18.2. The first-order valence-electron chi connectivity index (χ1n) is 10.7. The number of ether oxygens (including phenoxy) is 1. The molecule has 2 aromatic rings. The number of hydrogen-bond acceptors (Lipinski definition) is 5. The summed E-state index contributed by atoms with van der Waals surface area (Å²) in [6.45, 7) is 5.25.